The van der Waals surface area contributed by atoms with Crippen molar-refractivity contribution in [3.63, 3.8) is 0 Å². The van der Waals surface area contributed by atoms with Gasteiger partial charge in [0.2, 0.25) is 5.91 Å². The topological polar surface area (TPSA) is 23.6 Å². The molecule has 2 heterocycles. The molecule has 0 bridgehead atoms. The van der Waals surface area contributed by atoms with Crippen LogP contribution in [0, 0.1) is 0 Å². The van der Waals surface area contributed by atoms with Crippen LogP contribution >= 0.6 is 0 Å². The molecule has 0 N–H and O–H groups in total. The highest BCUT2D eigenvalue weighted by Crippen LogP contribution is 2.39. The lowest BCUT2D eigenvalue weighted by molar-refractivity contribution is -0.120. The van der Waals surface area contributed by atoms with Crippen molar-refractivity contribution in [2.45, 2.75) is 19.0 Å². The van der Waals surface area contributed by atoms with Gasteiger partial charge in [-0.25, -0.2) is 0 Å². The third kappa shape index (κ3) is 1.49. The van der Waals surface area contributed by atoms with Crippen molar-refractivity contribution in [3.8, 4) is 0 Å². The summed E-state index contributed by atoms with van der Waals surface area (Å²) in [6.45, 7) is 0.817. The molecule has 2 aromatic carbocycles. The van der Waals surface area contributed by atoms with Crippen LogP contribution in [-0.4, -0.2) is 19.0 Å². The van der Waals surface area contributed by atoms with E-state index in [2.05, 4.69) is 35.2 Å². The number of benzene rings is 2. The quantitative estimate of drug-likeness (QED) is 0.730. The van der Waals surface area contributed by atoms with Gasteiger partial charge in [0.15, 0.2) is 0 Å². The summed E-state index contributed by atoms with van der Waals surface area (Å²) in [5.74, 6) is 0.193. The minimum absolute atomic E-state index is 0.0650. The normalized spacial score (nSPS) is 20.2. The minimum atomic E-state index is -0.0650. The lowest BCUT2D eigenvalue weighted by Crippen LogP contribution is -2.54. The zero-order valence-corrected chi connectivity index (χ0v) is 11.4. The van der Waals surface area contributed by atoms with Gasteiger partial charge >= 0.3 is 0 Å². The van der Waals surface area contributed by atoms with Crippen molar-refractivity contribution < 1.29 is 4.79 Å². The smallest absolute Gasteiger partial charge is 0.249 e. The van der Waals surface area contributed by atoms with Crippen LogP contribution in [0.3, 0.4) is 0 Å². The molecule has 1 atom stereocenters. The van der Waals surface area contributed by atoms with Gasteiger partial charge in [-0.1, -0.05) is 36.4 Å². The van der Waals surface area contributed by atoms with E-state index in [0.29, 0.717) is 0 Å². The van der Waals surface area contributed by atoms with Crippen LogP contribution in [0.4, 0.5) is 11.4 Å². The lowest BCUT2D eigenvalue weighted by Gasteiger charge is -2.44. The first-order valence-electron chi connectivity index (χ1n) is 6.96. The fraction of sp³-hybridized carbons (Fsp3) is 0.235. The van der Waals surface area contributed by atoms with Crippen LogP contribution in [0.5, 0.6) is 0 Å². The van der Waals surface area contributed by atoms with E-state index in [1.165, 1.54) is 11.1 Å². The lowest BCUT2D eigenvalue weighted by atomic mass is 9.91. The Hall–Kier alpha value is -2.29. The van der Waals surface area contributed by atoms with Gasteiger partial charge in [-0.15, -0.1) is 0 Å². The molecule has 0 saturated carbocycles. The first-order chi connectivity index (χ1) is 9.75. The second-order valence-electron chi connectivity index (χ2n) is 5.50. The van der Waals surface area contributed by atoms with Crippen molar-refractivity contribution >= 4 is 17.3 Å². The standard InChI is InChI=1S/C17H16N2O/c1-18-14-8-4-5-9-15(14)19-11-13-7-3-2-6-12(13)10-16(19)17(18)20/h2-9,16H,10-11H2,1H3. The van der Waals surface area contributed by atoms with Crippen molar-refractivity contribution in [3.05, 3.63) is 59.7 Å². The molecule has 3 nitrogen and oxygen atoms in total. The van der Waals surface area contributed by atoms with Crippen LogP contribution in [0.15, 0.2) is 48.5 Å². The Balaban J connectivity index is 1.86. The summed E-state index contributed by atoms with van der Waals surface area (Å²) in [4.78, 5) is 16.7. The van der Waals surface area contributed by atoms with Gasteiger partial charge in [0.05, 0.1) is 11.4 Å². The zero-order chi connectivity index (χ0) is 13.7. The molecular formula is C17H16N2O. The molecular weight excluding hydrogens is 248 g/mol. The van der Waals surface area contributed by atoms with Gasteiger partial charge < -0.3 is 9.80 Å². The molecule has 2 aliphatic rings. The summed E-state index contributed by atoms with van der Waals surface area (Å²) in [6, 6.07) is 16.5. The fourth-order valence-corrected chi connectivity index (χ4v) is 3.33. The molecule has 20 heavy (non-hydrogen) atoms. The molecule has 0 spiro atoms. The predicted octanol–water partition coefficient (Wildman–Crippen LogP) is 2.59. The van der Waals surface area contributed by atoms with E-state index >= 15 is 0 Å². The highest BCUT2D eigenvalue weighted by Gasteiger charge is 2.39. The van der Waals surface area contributed by atoms with E-state index in [0.717, 1.165) is 24.3 Å². The zero-order valence-electron chi connectivity index (χ0n) is 11.4. The second-order valence-corrected chi connectivity index (χ2v) is 5.50. The average Bonchev–Trinajstić information content (AvgIpc) is 2.51. The number of hydrogen-bond donors (Lipinski definition) is 0. The summed E-state index contributed by atoms with van der Waals surface area (Å²) >= 11 is 0. The van der Waals surface area contributed by atoms with Crippen molar-refractivity contribution in [2.24, 2.45) is 0 Å². The molecule has 1 unspecified atom stereocenters. The van der Waals surface area contributed by atoms with Crippen LogP contribution in [0.1, 0.15) is 11.1 Å². The van der Waals surface area contributed by atoms with E-state index in [9.17, 15) is 4.79 Å². The van der Waals surface area contributed by atoms with Crippen molar-refractivity contribution in [2.75, 3.05) is 16.8 Å². The Labute approximate surface area is 118 Å². The summed E-state index contributed by atoms with van der Waals surface area (Å²) in [5, 5.41) is 0. The van der Waals surface area contributed by atoms with Gasteiger partial charge in [-0.3, -0.25) is 4.79 Å². The number of nitrogens with zero attached hydrogens (tertiary/aromatic N) is 2. The summed E-state index contributed by atoms with van der Waals surface area (Å²) in [5.41, 5.74) is 4.80. The molecule has 1 amide bonds. The molecule has 0 aliphatic carbocycles. The Morgan fingerprint density at radius 2 is 1.60 bits per heavy atom. The number of amides is 1. The molecule has 0 radical (unpaired) electrons. The third-order valence-corrected chi connectivity index (χ3v) is 4.42. The van der Waals surface area contributed by atoms with Gasteiger partial charge in [0.1, 0.15) is 6.04 Å². The molecule has 3 heteroatoms. The SMILES string of the molecule is CN1C(=O)C2Cc3ccccc3CN2c2ccccc21. The van der Waals surface area contributed by atoms with Gasteiger partial charge in [0, 0.05) is 20.0 Å². The highest BCUT2D eigenvalue weighted by molar-refractivity contribution is 6.05. The van der Waals surface area contributed by atoms with Crippen LogP contribution in [-0.2, 0) is 17.8 Å². The van der Waals surface area contributed by atoms with Crippen molar-refractivity contribution in [1.29, 1.82) is 0 Å². The second kappa shape index (κ2) is 4.10. The number of likely N-dealkylation sites (N-methyl/N-ethyl adjacent to an activating group) is 1. The number of carbonyl (C=O) groups excluding carboxylic acids is 1. The maximum Gasteiger partial charge on any atom is 0.249 e. The van der Waals surface area contributed by atoms with Crippen LogP contribution in [0.2, 0.25) is 0 Å². The molecule has 4 rings (SSSR count). The number of para-hydroxylation sites is 2. The highest BCUT2D eigenvalue weighted by atomic mass is 16.2. The molecule has 0 saturated heterocycles. The molecule has 0 fully saturated rings. The maximum atomic E-state index is 12.6. The van der Waals surface area contributed by atoms with Crippen LogP contribution < -0.4 is 9.80 Å². The maximum absolute atomic E-state index is 12.6. The molecule has 0 aromatic heterocycles. The first kappa shape index (κ1) is 11.5. The van der Waals surface area contributed by atoms with E-state index in [-0.39, 0.29) is 11.9 Å². The average molecular weight is 264 g/mol. The van der Waals surface area contributed by atoms with Gasteiger partial charge in [-0.05, 0) is 23.3 Å². The Bertz CT molecular complexity index is 695. The van der Waals surface area contributed by atoms with E-state index < -0.39 is 0 Å². The fourth-order valence-electron chi connectivity index (χ4n) is 3.33. The van der Waals surface area contributed by atoms with E-state index in [1.807, 2.05) is 25.2 Å². The summed E-state index contributed by atoms with van der Waals surface area (Å²) in [7, 11) is 1.87. The van der Waals surface area contributed by atoms with Gasteiger partial charge in [-0.2, -0.15) is 0 Å². The predicted molar refractivity (Wildman–Crippen MR) is 80.0 cm³/mol. The first-order valence-corrected chi connectivity index (χ1v) is 6.96. The minimum Gasteiger partial charge on any atom is -0.353 e. The third-order valence-electron chi connectivity index (χ3n) is 4.42. The Morgan fingerprint density at radius 3 is 2.40 bits per heavy atom. The number of hydrogen-bond acceptors (Lipinski definition) is 2. The van der Waals surface area contributed by atoms with Gasteiger partial charge in [0.25, 0.3) is 0 Å². The molecule has 100 valence electrons. The number of anilines is 2. The molecule has 2 aromatic rings. The number of fused-ring (bicyclic) bond motifs is 4. The van der Waals surface area contributed by atoms with E-state index in [1.54, 1.807) is 4.90 Å². The summed E-state index contributed by atoms with van der Waals surface area (Å²) in [6.07, 6.45) is 0.799. The van der Waals surface area contributed by atoms with Crippen molar-refractivity contribution in [1.82, 2.24) is 0 Å². The molecule has 2 aliphatic heterocycles. The summed E-state index contributed by atoms with van der Waals surface area (Å²) < 4.78 is 0. The van der Waals surface area contributed by atoms with Crippen LogP contribution in [0.25, 0.3) is 0 Å². The Morgan fingerprint density at radius 1 is 0.950 bits per heavy atom. The monoisotopic (exact) mass is 264 g/mol. The number of carbonyl (C=O) groups is 1. The largest absolute Gasteiger partial charge is 0.353 e. The van der Waals surface area contributed by atoms with E-state index in [4.69, 9.17) is 0 Å². The Kier molecular flexibility index (Phi) is 2.36. The number of rotatable bonds is 0.